The summed E-state index contributed by atoms with van der Waals surface area (Å²) < 4.78 is 29.8. The molecule has 6 nitrogen and oxygen atoms in total. The second-order valence-electron chi connectivity index (χ2n) is 3.97. The van der Waals surface area contributed by atoms with E-state index < -0.39 is 10.0 Å². The molecule has 0 unspecified atom stereocenters. The number of hydrogen-bond acceptors (Lipinski definition) is 5. The smallest absolute Gasteiger partial charge is 0.211 e. The molecule has 0 saturated carbocycles. The van der Waals surface area contributed by atoms with Gasteiger partial charge in [0.1, 0.15) is 11.9 Å². The average molecular weight is 257 g/mol. The Bertz CT molecular complexity index is 503. The molecule has 2 N–H and O–H groups in total. The van der Waals surface area contributed by atoms with Crippen LogP contribution in [-0.2, 0) is 14.8 Å². The van der Waals surface area contributed by atoms with Crippen molar-refractivity contribution in [2.75, 3.05) is 31.7 Å². The zero-order valence-electron chi connectivity index (χ0n) is 9.54. The molecule has 0 radical (unpaired) electrons. The lowest BCUT2D eigenvalue weighted by atomic mass is 10.2. The number of nitrogens with zero attached hydrogens (tertiary/aromatic N) is 2. The van der Waals surface area contributed by atoms with Crippen molar-refractivity contribution in [3.63, 3.8) is 0 Å². The summed E-state index contributed by atoms with van der Waals surface area (Å²) >= 11 is 0. The molecule has 17 heavy (non-hydrogen) atoms. The van der Waals surface area contributed by atoms with Crippen molar-refractivity contribution in [1.29, 1.82) is 0 Å². The number of nitrogen functional groups attached to an aromatic ring is 1. The lowest BCUT2D eigenvalue weighted by Crippen LogP contribution is -2.41. The molecule has 2 heterocycles. The van der Waals surface area contributed by atoms with Crippen LogP contribution < -0.4 is 5.73 Å². The van der Waals surface area contributed by atoms with Gasteiger partial charge < -0.3 is 10.5 Å². The molecule has 1 aliphatic rings. The molecular weight excluding hydrogens is 242 g/mol. The first kappa shape index (κ1) is 12.3. The lowest BCUT2D eigenvalue weighted by Gasteiger charge is -2.30. The number of sulfonamides is 1. The Morgan fingerprint density at radius 3 is 2.94 bits per heavy atom. The Hall–Kier alpha value is -1.18. The highest BCUT2D eigenvalue weighted by Crippen LogP contribution is 2.22. The third-order valence-corrected chi connectivity index (χ3v) is 3.89. The van der Waals surface area contributed by atoms with Gasteiger partial charge in [0, 0.05) is 13.1 Å². The molecular formula is C10H15N3O3S. The van der Waals surface area contributed by atoms with Crippen molar-refractivity contribution in [2.45, 2.75) is 6.10 Å². The lowest BCUT2D eigenvalue weighted by molar-refractivity contribution is -0.00465. The predicted molar refractivity (Wildman–Crippen MR) is 63.8 cm³/mol. The van der Waals surface area contributed by atoms with Gasteiger partial charge >= 0.3 is 0 Å². The number of ether oxygens (including phenoxy) is 1. The number of pyridine rings is 1. The van der Waals surface area contributed by atoms with E-state index in [9.17, 15) is 8.42 Å². The fourth-order valence-corrected chi connectivity index (χ4v) is 2.57. The van der Waals surface area contributed by atoms with Crippen LogP contribution in [0.3, 0.4) is 0 Å². The first-order valence-electron chi connectivity index (χ1n) is 5.26. The molecule has 94 valence electrons. The second kappa shape index (κ2) is 4.59. The van der Waals surface area contributed by atoms with Crippen molar-refractivity contribution in [3.05, 3.63) is 23.9 Å². The van der Waals surface area contributed by atoms with Gasteiger partial charge in [0.05, 0.1) is 18.6 Å². The van der Waals surface area contributed by atoms with Gasteiger partial charge in [-0.05, 0) is 12.1 Å². The number of nitrogens with two attached hydrogens (primary N) is 1. The third-order valence-electron chi connectivity index (χ3n) is 2.62. The summed E-state index contributed by atoms with van der Waals surface area (Å²) in [6.45, 7) is 1.04. The Kier molecular flexibility index (Phi) is 3.32. The summed E-state index contributed by atoms with van der Waals surface area (Å²) in [6, 6.07) is 5.24. The van der Waals surface area contributed by atoms with E-state index >= 15 is 0 Å². The average Bonchev–Trinajstić information content (AvgIpc) is 2.28. The van der Waals surface area contributed by atoms with Gasteiger partial charge in [0.25, 0.3) is 0 Å². The van der Waals surface area contributed by atoms with Gasteiger partial charge in [-0.2, -0.15) is 4.31 Å². The SMILES string of the molecule is CS(=O)(=O)N1CCO[C@@H](c2cccc(N)n2)C1. The van der Waals surface area contributed by atoms with E-state index in [-0.39, 0.29) is 12.6 Å². The molecule has 7 heteroatoms. The molecule has 0 spiro atoms. The van der Waals surface area contributed by atoms with Crippen LogP contribution in [-0.4, -0.2) is 43.7 Å². The largest absolute Gasteiger partial charge is 0.384 e. The quantitative estimate of drug-likeness (QED) is 0.805. The minimum atomic E-state index is -3.18. The highest BCUT2D eigenvalue weighted by Gasteiger charge is 2.28. The van der Waals surface area contributed by atoms with Crippen LogP contribution >= 0.6 is 0 Å². The number of anilines is 1. The third kappa shape index (κ3) is 2.93. The predicted octanol–water partition coefficient (Wildman–Crippen LogP) is -0.00330. The maximum atomic E-state index is 11.5. The highest BCUT2D eigenvalue weighted by molar-refractivity contribution is 7.88. The minimum absolute atomic E-state index is 0.287. The maximum absolute atomic E-state index is 11.5. The molecule has 1 aromatic heterocycles. The monoisotopic (exact) mass is 257 g/mol. The normalized spacial score (nSPS) is 22.5. The second-order valence-corrected chi connectivity index (χ2v) is 5.95. The van der Waals surface area contributed by atoms with Gasteiger partial charge in [0.15, 0.2) is 0 Å². The summed E-state index contributed by atoms with van der Waals surface area (Å²) in [4.78, 5) is 4.14. The van der Waals surface area contributed by atoms with Crippen molar-refractivity contribution in [1.82, 2.24) is 9.29 Å². The van der Waals surface area contributed by atoms with E-state index in [1.807, 2.05) is 0 Å². The fraction of sp³-hybridized carbons (Fsp3) is 0.500. The summed E-state index contributed by atoms with van der Waals surface area (Å²) in [5.74, 6) is 0.405. The zero-order valence-corrected chi connectivity index (χ0v) is 10.4. The molecule has 1 saturated heterocycles. The Morgan fingerprint density at radius 1 is 1.53 bits per heavy atom. The van der Waals surface area contributed by atoms with E-state index in [2.05, 4.69) is 4.98 Å². The van der Waals surface area contributed by atoms with E-state index in [0.29, 0.717) is 24.7 Å². The molecule has 0 aromatic carbocycles. The van der Waals surface area contributed by atoms with Crippen molar-refractivity contribution < 1.29 is 13.2 Å². The highest BCUT2D eigenvalue weighted by atomic mass is 32.2. The molecule has 0 aliphatic carbocycles. The Morgan fingerprint density at radius 2 is 2.29 bits per heavy atom. The van der Waals surface area contributed by atoms with Gasteiger partial charge in [-0.15, -0.1) is 0 Å². The van der Waals surface area contributed by atoms with Crippen LogP contribution in [0.4, 0.5) is 5.82 Å². The van der Waals surface area contributed by atoms with Crippen molar-refractivity contribution in [2.24, 2.45) is 0 Å². The van der Waals surface area contributed by atoms with Crippen LogP contribution in [0.2, 0.25) is 0 Å². The standard InChI is InChI=1S/C10H15N3O3S/c1-17(14,15)13-5-6-16-9(7-13)8-3-2-4-10(11)12-8/h2-4,9H,5-7H2,1H3,(H2,11,12)/t9-/m1/s1. The Balaban J connectivity index is 2.18. The fourth-order valence-electron chi connectivity index (χ4n) is 1.75. The van der Waals surface area contributed by atoms with Crippen molar-refractivity contribution >= 4 is 15.8 Å². The van der Waals surface area contributed by atoms with Gasteiger partial charge in [0.2, 0.25) is 10.0 Å². The van der Waals surface area contributed by atoms with Crippen LogP contribution in [0, 0.1) is 0 Å². The molecule has 0 bridgehead atoms. The maximum Gasteiger partial charge on any atom is 0.211 e. The molecule has 1 atom stereocenters. The van der Waals surface area contributed by atoms with Gasteiger partial charge in [-0.3, -0.25) is 0 Å². The van der Waals surface area contributed by atoms with Crippen LogP contribution in [0.1, 0.15) is 11.8 Å². The van der Waals surface area contributed by atoms with Crippen LogP contribution in [0.5, 0.6) is 0 Å². The van der Waals surface area contributed by atoms with Crippen LogP contribution in [0.15, 0.2) is 18.2 Å². The first-order valence-corrected chi connectivity index (χ1v) is 7.11. The Labute approximate surface area is 100 Å². The van der Waals surface area contributed by atoms with E-state index in [0.717, 1.165) is 0 Å². The van der Waals surface area contributed by atoms with Crippen LogP contribution in [0.25, 0.3) is 0 Å². The van der Waals surface area contributed by atoms with E-state index in [1.165, 1.54) is 10.6 Å². The summed E-state index contributed by atoms with van der Waals surface area (Å²) in [7, 11) is -3.18. The minimum Gasteiger partial charge on any atom is -0.384 e. The van der Waals surface area contributed by atoms with Gasteiger partial charge in [-0.25, -0.2) is 13.4 Å². The summed E-state index contributed by atoms with van der Waals surface area (Å²) in [5, 5.41) is 0. The summed E-state index contributed by atoms with van der Waals surface area (Å²) in [6.07, 6.45) is 0.851. The molecule has 0 amide bonds. The summed E-state index contributed by atoms with van der Waals surface area (Å²) in [5.41, 5.74) is 6.25. The van der Waals surface area contributed by atoms with E-state index in [1.54, 1.807) is 18.2 Å². The molecule has 2 rings (SSSR count). The topological polar surface area (TPSA) is 85.5 Å². The number of hydrogen-bond donors (Lipinski definition) is 1. The number of aromatic nitrogens is 1. The van der Waals surface area contributed by atoms with E-state index in [4.69, 9.17) is 10.5 Å². The van der Waals surface area contributed by atoms with Gasteiger partial charge in [-0.1, -0.05) is 6.07 Å². The molecule has 1 aromatic rings. The number of morpholine rings is 1. The van der Waals surface area contributed by atoms with Crippen molar-refractivity contribution in [3.8, 4) is 0 Å². The first-order chi connectivity index (χ1) is 7.97. The molecule has 1 aliphatic heterocycles. The zero-order chi connectivity index (χ0) is 12.5. The molecule has 1 fully saturated rings. The number of rotatable bonds is 2.